The average Bonchev–Trinajstić information content (AvgIpc) is 2.79. The molecule has 1 aromatic heterocycles. The fraction of sp³-hybridized carbons (Fsp3) is 0.412. The lowest BCUT2D eigenvalue weighted by molar-refractivity contribution is -0.130. The van der Waals surface area contributed by atoms with Gasteiger partial charge in [0.15, 0.2) is 0 Å². The molecule has 2 amide bonds. The number of hydrogen-bond acceptors (Lipinski definition) is 2. The molecule has 1 aromatic carbocycles. The minimum absolute atomic E-state index is 0.0671. The molecule has 1 aliphatic rings. The van der Waals surface area contributed by atoms with Crippen molar-refractivity contribution in [1.29, 1.82) is 0 Å². The van der Waals surface area contributed by atoms with Gasteiger partial charge in [-0.15, -0.1) is 0 Å². The number of hydrogen-bond donors (Lipinski definition) is 0. The van der Waals surface area contributed by atoms with E-state index in [1.165, 1.54) is 0 Å². The standard InChI is InChI=1S/C17H21N3O2/c1-12-16(14-6-4-5-7-15(14)18(12)3)17(22)20-10-8-19(9-11-20)13(2)21/h4-7H,8-11H2,1-3H3. The predicted octanol–water partition coefficient (Wildman–Crippen LogP) is 1.79. The van der Waals surface area contributed by atoms with Gasteiger partial charge >= 0.3 is 0 Å². The van der Waals surface area contributed by atoms with Crippen molar-refractivity contribution in [3.05, 3.63) is 35.5 Å². The fourth-order valence-electron chi connectivity index (χ4n) is 3.17. The molecule has 116 valence electrons. The summed E-state index contributed by atoms with van der Waals surface area (Å²) < 4.78 is 2.06. The van der Waals surface area contributed by atoms with Gasteiger partial charge in [-0.3, -0.25) is 9.59 Å². The number of carbonyl (C=O) groups excluding carboxylic acids is 2. The molecule has 5 heteroatoms. The van der Waals surface area contributed by atoms with E-state index < -0.39 is 0 Å². The monoisotopic (exact) mass is 299 g/mol. The summed E-state index contributed by atoms with van der Waals surface area (Å²) in [6.07, 6.45) is 0. The van der Waals surface area contributed by atoms with Crippen molar-refractivity contribution in [3.8, 4) is 0 Å². The Morgan fingerprint density at radius 3 is 2.23 bits per heavy atom. The number of benzene rings is 1. The highest BCUT2D eigenvalue weighted by atomic mass is 16.2. The number of amides is 2. The first kappa shape index (κ1) is 14.6. The van der Waals surface area contributed by atoms with Gasteiger partial charge in [-0.2, -0.15) is 0 Å². The Kier molecular flexibility index (Phi) is 3.64. The van der Waals surface area contributed by atoms with Crippen molar-refractivity contribution in [2.45, 2.75) is 13.8 Å². The van der Waals surface area contributed by atoms with E-state index in [0.29, 0.717) is 26.2 Å². The molecule has 22 heavy (non-hydrogen) atoms. The third-order valence-electron chi connectivity index (χ3n) is 4.63. The third-order valence-corrected chi connectivity index (χ3v) is 4.63. The van der Waals surface area contributed by atoms with Gasteiger partial charge in [-0.25, -0.2) is 0 Å². The molecule has 1 aliphatic heterocycles. The van der Waals surface area contributed by atoms with Crippen LogP contribution >= 0.6 is 0 Å². The second-order valence-electron chi connectivity index (χ2n) is 5.83. The Labute approximate surface area is 130 Å². The van der Waals surface area contributed by atoms with Gasteiger partial charge in [0.25, 0.3) is 5.91 Å². The number of aromatic nitrogens is 1. The maximum Gasteiger partial charge on any atom is 0.256 e. The Morgan fingerprint density at radius 1 is 1.00 bits per heavy atom. The summed E-state index contributed by atoms with van der Waals surface area (Å²) in [6.45, 7) is 5.99. The number of rotatable bonds is 1. The van der Waals surface area contributed by atoms with E-state index in [9.17, 15) is 9.59 Å². The third kappa shape index (κ3) is 2.26. The van der Waals surface area contributed by atoms with Crippen molar-refractivity contribution in [3.63, 3.8) is 0 Å². The number of carbonyl (C=O) groups is 2. The first-order valence-electron chi connectivity index (χ1n) is 7.59. The summed E-state index contributed by atoms with van der Waals surface area (Å²) in [5.41, 5.74) is 2.85. The topological polar surface area (TPSA) is 45.6 Å². The maximum absolute atomic E-state index is 12.9. The number of fused-ring (bicyclic) bond motifs is 1. The van der Waals surface area contributed by atoms with Gasteiger partial charge in [0.2, 0.25) is 5.91 Å². The van der Waals surface area contributed by atoms with Crippen LogP contribution in [0.1, 0.15) is 23.0 Å². The van der Waals surface area contributed by atoms with E-state index >= 15 is 0 Å². The molecule has 0 bridgehead atoms. The molecule has 0 saturated carbocycles. The molecule has 5 nitrogen and oxygen atoms in total. The highest BCUT2D eigenvalue weighted by Gasteiger charge is 2.27. The molecule has 0 spiro atoms. The second-order valence-corrected chi connectivity index (χ2v) is 5.83. The zero-order valence-corrected chi connectivity index (χ0v) is 13.3. The predicted molar refractivity (Wildman–Crippen MR) is 85.8 cm³/mol. The van der Waals surface area contributed by atoms with E-state index in [1.54, 1.807) is 11.8 Å². The van der Waals surface area contributed by atoms with Gasteiger partial charge in [-0.1, -0.05) is 18.2 Å². The van der Waals surface area contributed by atoms with Crippen LogP contribution in [0.2, 0.25) is 0 Å². The van der Waals surface area contributed by atoms with Crippen molar-refractivity contribution >= 4 is 22.7 Å². The van der Waals surface area contributed by atoms with Crippen LogP contribution in [0.3, 0.4) is 0 Å². The van der Waals surface area contributed by atoms with E-state index in [2.05, 4.69) is 4.57 Å². The van der Waals surface area contributed by atoms with Gasteiger partial charge in [0, 0.05) is 56.7 Å². The molecule has 0 atom stereocenters. The van der Waals surface area contributed by atoms with Crippen LogP contribution in [0.4, 0.5) is 0 Å². The zero-order valence-electron chi connectivity index (χ0n) is 13.3. The lowest BCUT2D eigenvalue weighted by atomic mass is 10.1. The number of aryl methyl sites for hydroxylation is 1. The molecule has 0 radical (unpaired) electrons. The van der Waals surface area contributed by atoms with Crippen LogP contribution in [0.15, 0.2) is 24.3 Å². The number of para-hydroxylation sites is 1. The lowest BCUT2D eigenvalue weighted by Crippen LogP contribution is -2.50. The van der Waals surface area contributed by atoms with E-state index in [-0.39, 0.29) is 11.8 Å². The molecule has 0 N–H and O–H groups in total. The van der Waals surface area contributed by atoms with Gasteiger partial charge in [-0.05, 0) is 13.0 Å². The molecule has 0 unspecified atom stereocenters. The Balaban J connectivity index is 1.91. The molecule has 3 rings (SSSR count). The van der Waals surface area contributed by atoms with Crippen LogP contribution in [-0.4, -0.2) is 52.4 Å². The van der Waals surface area contributed by atoms with Crippen molar-refractivity contribution in [2.24, 2.45) is 7.05 Å². The average molecular weight is 299 g/mol. The zero-order chi connectivity index (χ0) is 15.9. The second kappa shape index (κ2) is 5.48. The minimum Gasteiger partial charge on any atom is -0.347 e. The smallest absolute Gasteiger partial charge is 0.256 e. The minimum atomic E-state index is 0.0671. The van der Waals surface area contributed by atoms with Crippen LogP contribution in [0.5, 0.6) is 0 Å². The molecular formula is C17H21N3O2. The van der Waals surface area contributed by atoms with E-state index in [4.69, 9.17) is 0 Å². The molecule has 2 heterocycles. The van der Waals surface area contributed by atoms with Crippen molar-refractivity contribution < 1.29 is 9.59 Å². The highest BCUT2D eigenvalue weighted by Crippen LogP contribution is 2.26. The molecule has 1 saturated heterocycles. The van der Waals surface area contributed by atoms with Crippen LogP contribution < -0.4 is 0 Å². The molecule has 0 aliphatic carbocycles. The Morgan fingerprint density at radius 2 is 1.59 bits per heavy atom. The SMILES string of the molecule is CC(=O)N1CCN(C(=O)c2c(C)n(C)c3ccccc23)CC1. The first-order chi connectivity index (χ1) is 10.5. The van der Waals surface area contributed by atoms with Crippen LogP contribution in [0.25, 0.3) is 10.9 Å². The summed E-state index contributed by atoms with van der Waals surface area (Å²) in [4.78, 5) is 28.0. The highest BCUT2D eigenvalue weighted by molar-refractivity contribution is 6.08. The maximum atomic E-state index is 12.9. The van der Waals surface area contributed by atoms with Crippen LogP contribution in [0, 0.1) is 6.92 Å². The molecule has 1 fully saturated rings. The normalized spacial score (nSPS) is 15.4. The van der Waals surface area contributed by atoms with Gasteiger partial charge in [0.1, 0.15) is 0 Å². The number of nitrogens with zero attached hydrogens (tertiary/aromatic N) is 3. The van der Waals surface area contributed by atoms with E-state index in [1.807, 2.05) is 43.1 Å². The fourth-order valence-corrected chi connectivity index (χ4v) is 3.17. The Bertz CT molecular complexity index is 740. The quantitative estimate of drug-likeness (QED) is 0.806. The van der Waals surface area contributed by atoms with E-state index in [0.717, 1.165) is 22.2 Å². The summed E-state index contributed by atoms with van der Waals surface area (Å²) in [6, 6.07) is 7.99. The number of piperazine rings is 1. The summed E-state index contributed by atoms with van der Waals surface area (Å²) in [5.74, 6) is 0.144. The summed E-state index contributed by atoms with van der Waals surface area (Å²) in [5, 5.41) is 1.00. The first-order valence-corrected chi connectivity index (χ1v) is 7.59. The van der Waals surface area contributed by atoms with Crippen molar-refractivity contribution in [1.82, 2.24) is 14.4 Å². The molecule has 2 aromatic rings. The summed E-state index contributed by atoms with van der Waals surface area (Å²) >= 11 is 0. The van der Waals surface area contributed by atoms with Crippen molar-refractivity contribution in [2.75, 3.05) is 26.2 Å². The molecular weight excluding hydrogens is 278 g/mol. The van der Waals surface area contributed by atoms with Gasteiger partial charge in [0.05, 0.1) is 5.56 Å². The van der Waals surface area contributed by atoms with Crippen LogP contribution in [-0.2, 0) is 11.8 Å². The lowest BCUT2D eigenvalue weighted by Gasteiger charge is -2.34. The van der Waals surface area contributed by atoms with Gasteiger partial charge < -0.3 is 14.4 Å². The Hall–Kier alpha value is -2.30. The summed E-state index contributed by atoms with van der Waals surface area (Å²) in [7, 11) is 1.99. The largest absolute Gasteiger partial charge is 0.347 e.